The van der Waals surface area contributed by atoms with Crippen LogP contribution in [0.4, 0.5) is 0 Å². The molecule has 0 heterocycles. The zero-order chi connectivity index (χ0) is 55.9. The number of methoxy groups -OCH3 is 2. The first-order chi connectivity index (χ1) is 36.1. The zero-order valence-corrected chi connectivity index (χ0v) is 44.8. The molecular weight excluding hydrogens is 1080 g/mol. The van der Waals surface area contributed by atoms with Gasteiger partial charge in [0, 0.05) is 34.0 Å². The standard InChI is InChI=1S/C20H24O5S.C18H12ClNO4S.C18H15ClO5S/c1-25-17-14-12-16(13-15-17)8-4-2-7-11-19(20(21)22)26(23,24)18-9-5-3-6-10-18;19-15-8-4-13(5-9-15)2-1-3-17(18(21)22)25(23,24)16-10-6-14(12-20)7-11-16;1-24-15-9-11-16(12-10-15)25(22,23)17(18(20)21)4-2-3-13-5-7-14(19)8-6-13/h3,5-6,9-10,12-15,19H,2,4,7-8,11H2,1H3,(H,21,22);4-11,17H,3H2,(H,21,22);5-12,17H,4H2,1H3,(H,20,21). The third-order valence-electron chi connectivity index (χ3n) is 11.0. The van der Waals surface area contributed by atoms with Crippen LogP contribution in [-0.2, 0) is 50.3 Å². The minimum Gasteiger partial charge on any atom is -0.497 e. The Bertz CT molecular complexity index is 3420. The summed E-state index contributed by atoms with van der Waals surface area (Å²) in [5.41, 5.74) is 2.69. The van der Waals surface area contributed by atoms with E-state index in [1.54, 1.807) is 73.8 Å². The van der Waals surface area contributed by atoms with Gasteiger partial charge in [0.15, 0.2) is 45.3 Å². The number of sulfone groups is 3. The fourth-order valence-corrected chi connectivity index (χ4v) is 11.5. The summed E-state index contributed by atoms with van der Waals surface area (Å²) in [4.78, 5) is 34.1. The SMILES string of the molecule is COc1ccc(CCCCCC(C(=O)O)S(=O)(=O)c2ccccc2)cc1.COc1ccc(S(=O)(=O)C(CC#Cc2ccc(Cl)cc2)C(=O)O)cc1.N#Cc1ccc(S(=O)(=O)C(CC#Cc2ccc(Cl)cc2)C(=O)O)cc1. The van der Waals surface area contributed by atoms with Gasteiger partial charge in [-0.25, -0.2) is 25.3 Å². The molecule has 0 aliphatic heterocycles. The van der Waals surface area contributed by atoms with Gasteiger partial charge in [-0.2, -0.15) is 5.26 Å². The van der Waals surface area contributed by atoms with E-state index in [-0.39, 0.29) is 39.5 Å². The van der Waals surface area contributed by atoms with Crippen LogP contribution in [-0.4, -0.2) is 88.5 Å². The summed E-state index contributed by atoms with van der Waals surface area (Å²) in [7, 11) is -8.97. The van der Waals surface area contributed by atoms with Crippen LogP contribution in [0, 0.1) is 35.0 Å². The molecule has 0 saturated heterocycles. The number of rotatable bonds is 19. The Morgan fingerprint density at radius 2 is 0.855 bits per heavy atom. The fraction of sp³-hybridized carbons (Fsp3) is 0.214. The second-order valence-corrected chi connectivity index (χ2v) is 23.5. The molecule has 6 rings (SSSR count). The molecule has 0 aliphatic carbocycles. The summed E-state index contributed by atoms with van der Waals surface area (Å²) in [6.07, 6.45) is 2.51. The molecule has 0 aliphatic rings. The molecule has 0 bridgehead atoms. The zero-order valence-electron chi connectivity index (χ0n) is 40.9. The van der Waals surface area contributed by atoms with Gasteiger partial charge in [-0.1, -0.05) is 90.1 Å². The highest BCUT2D eigenvalue weighted by molar-refractivity contribution is 7.93. The molecule has 0 aromatic heterocycles. The van der Waals surface area contributed by atoms with Crippen molar-refractivity contribution in [2.75, 3.05) is 14.2 Å². The van der Waals surface area contributed by atoms with Crippen molar-refractivity contribution in [1.29, 1.82) is 5.26 Å². The maximum Gasteiger partial charge on any atom is 0.323 e. The number of unbranched alkanes of at least 4 members (excludes halogenated alkanes) is 2. The van der Waals surface area contributed by atoms with Gasteiger partial charge in [0.1, 0.15) is 11.5 Å². The first-order valence-corrected chi connectivity index (χ1v) is 28.2. The van der Waals surface area contributed by atoms with Crippen LogP contribution < -0.4 is 9.47 Å². The first kappa shape index (κ1) is 60.9. The molecule has 3 atom stereocenters. The van der Waals surface area contributed by atoms with E-state index in [1.165, 1.54) is 73.3 Å². The van der Waals surface area contributed by atoms with Crippen LogP contribution >= 0.6 is 23.2 Å². The normalized spacial score (nSPS) is 12.0. The molecule has 15 nitrogen and oxygen atoms in total. The number of carboxylic acids is 3. The highest BCUT2D eigenvalue weighted by atomic mass is 35.5. The van der Waals surface area contributed by atoms with Crippen LogP contribution in [0.3, 0.4) is 0 Å². The van der Waals surface area contributed by atoms with E-state index in [4.69, 9.17) is 37.9 Å². The largest absolute Gasteiger partial charge is 0.497 e. The number of benzene rings is 6. The number of halogens is 2. The molecule has 6 aromatic rings. The van der Waals surface area contributed by atoms with E-state index < -0.39 is 63.2 Å². The summed E-state index contributed by atoms with van der Waals surface area (Å²) >= 11 is 11.5. The number of hydrogen-bond acceptors (Lipinski definition) is 12. The average molecular weight is 1130 g/mol. The summed E-state index contributed by atoms with van der Waals surface area (Å²) in [6.45, 7) is 0. The number of aliphatic carboxylic acids is 3. The van der Waals surface area contributed by atoms with Crippen molar-refractivity contribution in [3.63, 3.8) is 0 Å². The van der Waals surface area contributed by atoms with Gasteiger partial charge in [-0.15, -0.1) is 0 Å². The highest BCUT2D eigenvalue weighted by Gasteiger charge is 2.35. The van der Waals surface area contributed by atoms with Gasteiger partial charge in [0.25, 0.3) is 0 Å². The van der Waals surface area contributed by atoms with Crippen LogP contribution in [0.1, 0.15) is 60.8 Å². The van der Waals surface area contributed by atoms with Gasteiger partial charge in [0.2, 0.25) is 0 Å². The smallest absolute Gasteiger partial charge is 0.323 e. The van der Waals surface area contributed by atoms with Crippen LogP contribution in [0.15, 0.2) is 166 Å². The van der Waals surface area contributed by atoms with Gasteiger partial charge in [-0.05, 0) is 146 Å². The minimum atomic E-state index is -4.12. The Hall–Kier alpha value is -7.63. The monoisotopic (exact) mass is 1130 g/mol. The fourth-order valence-electron chi connectivity index (χ4n) is 6.84. The number of aryl methyl sites for hydroxylation is 1. The predicted molar refractivity (Wildman–Crippen MR) is 287 cm³/mol. The molecule has 3 N–H and O–H groups in total. The lowest BCUT2D eigenvalue weighted by atomic mass is 10.1. The van der Waals surface area contributed by atoms with Crippen molar-refractivity contribution in [3.05, 3.63) is 184 Å². The molecule has 396 valence electrons. The van der Waals surface area contributed by atoms with Crippen molar-refractivity contribution in [2.45, 2.75) is 75.4 Å². The van der Waals surface area contributed by atoms with E-state index in [1.807, 2.05) is 30.3 Å². The lowest BCUT2D eigenvalue weighted by Crippen LogP contribution is -2.30. The Morgan fingerprint density at radius 1 is 0.487 bits per heavy atom. The van der Waals surface area contributed by atoms with E-state index in [0.717, 1.165) is 25.0 Å². The Morgan fingerprint density at radius 3 is 1.25 bits per heavy atom. The predicted octanol–water partition coefficient (Wildman–Crippen LogP) is 9.62. The number of carboxylic acid groups (broad SMARTS) is 3. The lowest BCUT2D eigenvalue weighted by Gasteiger charge is -2.13. The molecule has 3 unspecified atom stereocenters. The first-order valence-electron chi connectivity index (χ1n) is 22.8. The maximum absolute atomic E-state index is 12.6. The van der Waals surface area contributed by atoms with Crippen molar-refractivity contribution in [3.8, 4) is 41.2 Å². The third-order valence-corrected chi connectivity index (χ3v) is 17.8. The summed E-state index contributed by atoms with van der Waals surface area (Å²) in [6, 6.07) is 41.3. The van der Waals surface area contributed by atoms with Crippen LogP contribution in [0.5, 0.6) is 11.5 Å². The van der Waals surface area contributed by atoms with E-state index in [9.17, 15) is 55.0 Å². The molecule has 0 spiro atoms. The van der Waals surface area contributed by atoms with Crippen molar-refractivity contribution in [2.24, 2.45) is 0 Å². The molecule has 0 radical (unpaired) electrons. The number of nitrogens with zero attached hydrogens (tertiary/aromatic N) is 1. The summed E-state index contributed by atoms with van der Waals surface area (Å²) < 4.78 is 85.3. The molecule has 76 heavy (non-hydrogen) atoms. The summed E-state index contributed by atoms with van der Waals surface area (Å²) in [5, 5.41) is 33.1. The van der Waals surface area contributed by atoms with Crippen LogP contribution in [0.25, 0.3) is 0 Å². The Balaban J connectivity index is 0.000000246. The van der Waals surface area contributed by atoms with E-state index in [0.29, 0.717) is 33.3 Å². The number of carbonyl (C=O) groups is 3. The molecule has 0 fully saturated rings. The number of ether oxygens (including phenoxy) is 2. The van der Waals surface area contributed by atoms with Gasteiger partial charge < -0.3 is 24.8 Å². The minimum absolute atomic E-state index is 0.0608. The van der Waals surface area contributed by atoms with Gasteiger partial charge >= 0.3 is 17.9 Å². The Labute approximate surface area is 452 Å². The van der Waals surface area contributed by atoms with Gasteiger partial charge in [0.05, 0.1) is 40.5 Å². The average Bonchev–Trinajstić information content (AvgIpc) is 3.41. The van der Waals surface area contributed by atoms with E-state index >= 15 is 0 Å². The van der Waals surface area contributed by atoms with E-state index in [2.05, 4.69) is 23.7 Å². The molecule has 6 aromatic carbocycles. The second-order valence-electron chi connectivity index (χ2n) is 16.2. The van der Waals surface area contributed by atoms with Crippen molar-refractivity contribution in [1.82, 2.24) is 0 Å². The van der Waals surface area contributed by atoms with Crippen molar-refractivity contribution < 1.29 is 64.4 Å². The molecule has 0 amide bonds. The third kappa shape index (κ3) is 18.3. The van der Waals surface area contributed by atoms with Crippen molar-refractivity contribution >= 4 is 70.6 Å². The molecular formula is C56H51Cl2NO14S3. The van der Waals surface area contributed by atoms with Crippen LogP contribution in [0.2, 0.25) is 10.0 Å². The number of nitriles is 1. The summed E-state index contributed by atoms with van der Waals surface area (Å²) in [5.74, 6) is 7.76. The quantitative estimate of drug-likeness (QED) is 0.0504. The second kappa shape index (κ2) is 29.5. The molecule has 0 saturated carbocycles. The maximum atomic E-state index is 12.6. The topological polar surface area (TPSA) is 257 Å². The molecule has 20 heteroatoms. The lowest BCUT2D eigenvalue weighted by molar-refractivity contribution is -0.137. The van der Waals surface area contributed by atoms with Gasteiger partial charge in [-0.3, -0.25) is 14.4 Å². The highest BCUT2D eigenvalue weighted by Crippen LogP contribution is 2.24. The number of hydrogen-bond donors (Lipinski definition) is 3. The Kier molecular flexibility index (Phi) is 23.6.